The maximum absolute atomic E-state index is 12.4. The summed E-state index contributed by atoms with van der Waals surface area (Å²) in [4.78, 5) is 16.8. The van der Waals surface area contributed by atoms with Gasteiger partial charge in [0.1, 0.15) is 15.9 Å². The number of aromatic nitrogens is 3. The van der Waals surface area contributed by atoms with Crippen molar-refractivity contribution < 1.29 is 0 Å². The second-order valence-corrected chi connectivity index (χ2v) is 6.11. The Morgan fingerprint density at radius 3 is 2.70 bits per heavy atom. The highest BCUT2D eigenvalue weighted by Crippen LogP contribution is 2.34. The van der Waals surface area contributed by atoms with Crippen LogP contribution in [0.5, 0.6) is 0 Å². The van der Waals surface area contributed by atoms with E-state index in [0.717, 1.165) is 24.1 Å². The van der Waals surface area contributed by atoms with Gasteiger partial charge in [-0.3, -0.25) is 9.36 Å². The molecule has 1 aromatic carbocycles. The first-order valence-electron chi connectivity index (χ1n) is 6.36. The molecule has 1 aliphatic rings. The fourth-order valence-electron chi connectivity index (χ4n) is 2.25. The molecular formula is C14H10ClN3OS. The van der Waals surface area contributed by atoms with Gasteiger partial charge >= 0.3 is 0 Å². The van der Waals surface area contributed by atoms with Gasteiger partial charge in [0.15, 0.2) is 0 Å². The van der Waals surface area contributed by atoms with Crippen LogP contribution in [0.2, 0.25) is 5.02 Å². The van der Waals surface area contributed by atoms with Crippen LogP contribution < -0.4 is 5.56 Å². The number of fused-ring (bicyclic) bond motifs is 1. The van der Waals surface area contributed by atoms with Crippen LogP contribution in [0, 0.1) is 0 Å². The van der Waals surface area contributed by atoms with Crippen molar-refractivity contribution in [1.82, 2.24) is 13.9 Å². The topological polar surface area (TPSA) is 47.8 Å². The average Bonchev–Trinajstić information content (AvgIpc) is 3.19. The normalized spacial score (nSPS) is 14.8. The number of nitrogens with zero attached hydrogens (tertiary/aromatic N) is 3. The van der Waals surface area contributed by atoms with Gasteiger partial charge in [-0.25, -0.2) is 4.98 Å². The van der Waals surface area contributed by atoms with Gasteiger partial charge in [-0.1, -0.05) is 23.7 Å². The second kappa shape index (κ2) is 4.40. The van der Waals surface area contributed by atoms with Crippen molar-refractivity contribution in [3.8, 4) is 11.3 Å². The van der Waals surface area contributed by atoms with Crippen molar-refractivity contribution in [2.24, 2.45) is 0 Å². The monoisotopic (exact) mass is 303 g/mol. The third-order valence-electron chi connectivity index (χ3n) is 3.47. The molecule has 6 heteroatoms. The van der Waals surface area contributed by atoms with Gasteiger partial charge in [0.2, 0.25) is 0 Å². The highest BCUT2D eigenvalue weighted by Gasteiger charge is 2.26. The third-order valence-corrected chi connectivity index (χ3v) is 4.54. The fraction of sp³-hybridized carbons (Fsp3) is 0.214. The van der Waals surface area contributed by atoms with Crippen LogP contribution in [-0.2, 0) is 0 Å². The summed E-state index contributed by atoms with van der Waals surface area (Å²) >= 11 is 7.11. The van der Waals surface area contributed by atoms with E-state index in [0.29, 0.717) is 21.3 Å². The van der Waals surface area contributed by atoms with E-state index in [4.69, 9.17) is 11.6 Å². The largest absolute Gasteiger partial charge is 0.295 e. The minimum absolute atomic E-state index is 0.0233. The third kappa shape index (κ3) is 1.85. The van der Waals surface area contributed by atoms with Crippen molar-refractivity contribution in [3.63, 3.8) is 0 Å². The minimum Gasteiger partial charge on any atom is -0.295 e. The van der Waals surface area contributed by atoms with Crippen LogP contribution in [0.1, 0.15) is 18.9 Å². The molecule has 3 aromatic rings. The van der Waals surface area contributed by atoms with E-state index >= 15 is 0 Å². The number of benzene rings is 1. The van der Waals surface area contributed by atoms with Gasteiger partial charge in [-0.05, 0) is 36.5 Å². The number of rotatable bonds is 2. The molecule has 4 rings (SSSR count). The van der Waals surface area contributed by atoms with E-state index in [2.05, 4.69) is 9.36 Å². The summed E-state index contributed by atoms with van der Waals surface area (Å²) in [6, 6.07) is 7.75. The Bertz CT molecular complexity index is 849. The fourth-order valence-corrected chi connectivity index (χ4v) is 3.16. The van der Waals surface area contributed by atoms with E-state index in [9.17, 15) is 4.79 Å². The smallest absolute Gasteiger partial charge is 0.273 e. The molecule has 4 nitrogen and oxygen atoms in total. The molecule has 2 heterocycles. The first kappa shape index (κ1) is 12.1. The molecule has 2 aromatic heterocycles. The molecule has 1 fully saturated rings. The minimum atomic E-state index is 0.0233. The zero-order valence-electron chi connectivity index (χ0n) is 10.4. The molecule has 20 heavy (non-hydrogen) atoms. The van der Waals surface area contributed by atoms with Crippen LogP contribution in [0.4, 0.5) is 0 Å². The number of hydrogen-bond donors (Lipinski definition) is 0. The number of halogens is 1. The maximum Gasteiger partial charge on any atom is 0.273 e. The summed E-state index contributed by atoms with van der Waals surface area (Å²) in [7, 11) is 0. The lowest BCUT2D eigenvalue weighted by Gasteiger charge is -2.02. The zero-order chi connectivity index (χ0) is 13.7. The number of hydrogen-bond acceptors (Lipinski definition) is 4. The van der Waals surface area contributed by atoms with E-state index in [1.807, 2.05) is 24.3 Å². The van der Waals surface area contributed by atoms with Crippen LogP contribution in [0.15, 0.2) is 35.4 Å². The molecule has 0 spiro atoms. The summed E-state index contributed by atoms with van der Waals surface area (Å²) in [6.07, 6.45) is 3.78. The summed E-state index contributed by atoms with van der Waals surface area (Å²) in [5.74, 6) is 0. The highest BCUT2D eigenvalue weighted by molar-refractivity contribution is 7.13. The molecule has 100 valence electrons. The summed E-state index contributed by atoms with van der Waals surface area (Å²) in [5, 5.41) is 0.678. The van der Waals surface area contributed by atoms with Crippen LogP contribution in [-0.4, -0.2) is 13.9 Å². The zero-order valence-corrected chi connectivity index (χ0v) is 12.0. The molecule has 0 N–H and O–H groups in total. The summed E-state index contributed by atoms with van der Waals surface area (Å²) < 4.78 is 6.76. The SMILES string of the molecule is O=c1c2snc(-c3ccc(Cl)cc3)c2ncn1C1CC1. The van der Waals surface area contributed by atoms with Crippen molar-refractivity contribution in [2.75, 3.05) is 0 Å². The van der Waals surface area contributed by atoms with Crippen molar-refractivity contribution in [3.05, 3.63) is 46.0 Å². The predicted molar refractivity (Wildman–Crippen MR) is 80.4 cm³/mol. The molecule has 1 aliphatic carbocycles. The van der Waals surface area contributed by atoms with Gasteiger partial charge in [0, 0.05) is 16.6 Å². The van der Waals surface area contributed by atoms with Crippen LogP contribution in [0.25, 0.3) is 21.5 Å². The Labute approximate surface area is 123 Å². The Balaban J connectivity index is 1.91. The standard InChI is InChI=1S/C14H10ClN3OS/c15-9-3-1-8(2-4-9)11-12-13(20-17-11)14(19)18(7-16-12)10-5-6-10/h1-4,7,10H,5-6H2. The van der Waals surface area contributed by atoms with Crippen molar-refractivity contribution in [2.45, 2.75) is 18.9 Å². The van der Waals surface area contributed by atoms with Gasteiger partial charge < -0.3 is 0 Å². The van der Waals surface area contributed by atoms with Crippen molar-refractivity contribution in [1.29, 1.82) is 0 Å². The first-order valence-corrected chi connectivity index (χ1v) is 7.51. The molecule has 1 saturated carbocycles. The summed E-state index contributed by atoms with van der Waals surface area (Å²) in [5.41, 5.74) is 2.38. The Kier molecular flexibility index (Phi) is 2.65. The summed E-state index contributed by atoms with van der Waals surface area (Å²) in [6.45, 7) is 0. The lowest BCUT2D eigenvalue weighted by molar-refractivity contribution is 0.699. The highest BCUT2D eigenvalue weighted by atomic mass is 35.5. The molecule has 0 amide bonds. The Hall–Kier alpha value is -1.72. The Morgan fingerprint density at radius 1 is 1.25 bits per heavy atom. The maximum atomic E-state index is 12.4. The lowest BCUT2D eigenvalue weighted by atomic mass is 10.1. The molecule has 0 bridgehead atoms. The lowest BCUT2D eigenvalue weighted by Crippen LogP contribution is -2.18. The first-order chi connectivity index (χ1) is 9.74. The van der Waals surface area contributed by atoms with Gasteiger partial charge in [0.25, 0.3) is 5.56 Å². The Morgan fingerprint density at radius 2 is 2.00 bits per heavy atom. The van der Waals surface area contributed by atoms with Gasteiger partial charge in [-0.2, -0.15) is 4.37 Å². The van der Waals surface area contributed by atoms with E-state index in [-0.39, 0.29) is 5.56 Å². The quantitative estimate of drug-likeness (QED) is 0.728. The van der Waals surface area contributed by atoms with Crippen LogP contribution >= 0.6 is 23.1 Å². The van der Waals surface area contributed by atoms with Crippen molar-refractivity contribution >= 4 is 33.4 Å². The molecule has 0 radical (unpaired) electrons. The van der Waals surface area contributed by atoms with E-state index < -0.39 is 0 Å². The van der Waals surface area contributed by atoms with Crippen LogP contribution in [0.3, 0.4) is 0 Å². The molecule has 0 aliphatic heterocycles. The van der Waals surface area contributed by atoms with Gasteiger partial charge in [-0.15, -0.1) is 0 Å². The molecule has 0 atom stereocenters. The molecular weight excluding hydrogens is 294 g/mol. The molecule has 0 unspecified atom stereocenters. The second-order valence-electron chi connectivity index (χ2n) is 4.90. The average molecular weight is 304 g/mol. The van der Waals surface area contributed by atoms with Gasteiger partial charge in [0.05, 0.1) is 6.33 Å². The van der Waals surface area contributed by atoms with E-state index in [1.165, 1.54) is 11.5 Å². The van der Waals surface area contributed by atoms with E-state index in [1.54, 1.807) is 10.9 Å². The predicted octanol–water partition coefficient (Wildman–Crippen LogP) is 3.51. The molecule has 0 saturated heterocycles.